The summed E-state index contributed by atoms with van der Waals surface area (Å²) in [5.41, 5.74) is 6.65. The number of piperidine rings is 1. The molecule has 1 aromatic carbocycles. The summed E-state index contributed by atoms with van der Waals surface area (Å²) in [5.74, 6) is -1.11. The van der Waals surface area contributed by atoms with E-state index in [4.69, 9.17) is 5.73 Å². The van der Waals surface area contributed by atoms with Crippen molar-refractivity contribution in [2.75, 3.05) is 18.4 Å². The van der Waals surface area contributed by atoms with Gasteiger partial charge in [0.2, 0.25) is 15.4 Å². The molecular formula is C16H19N5O4S2. The van der Waals surface area contributed by atoms with Crippen LogP contribution in [0.3, 0.4) is 0 Å². The topological polar surface area (TPSA) is 135 Å². The van der Waals surface area contributed by atoms with Gasteiger partial charge in [-0.15, -0.1) is 10.2 Å². The van der Waals surface area contributed by atoms with Gasteiger partial charge in [-0.2, -0.15) is 4.31 Å². The number of primary amides is 1. The van der Waals surface area contributed by atoms with Crippen LogP contribution in [0.25, 0.3) is 0 Å². The average Bonchev–Trinajstić information content (AvgIpc) is 3.11. The van der Waals surface area contributed by atoms with Crippen molar-refractivity contribution in [3.63, 3.8) is 0 Å². The highest BCUT2D eigenvalue weighted by atomic mass is 32.2. The Balaban J connectivity index is 1.69. The number of anilines is 1. The van der Waals surface area contributed by atoms with Gasteiger partial charge >= 0.3 is 0 Å². The van der Waals surface area contributed by atoms with Crippen LogP contribution in [0, 0.1) is 12.8 Å². The second-order valence-corrected chi connectivity index (χ2v) is 9.37. The van der Waals surface area contributed by atoms with Crippen molar-refractivity contribution in [3.8, 4) is 0 Å². The number of hydrogen-bond donors (Lipinski definition) is 2. The highest BCUT2D eigenvalue weighted by molar-refractivity contribution is 7.91. The second-order valence-electron chi connectivity index (χ2n) is 6.28. The van der Waals surface area contributed by atoms with E-state index in [1.807, 2.05) is 13.0 Å². The van der Waals surface area contributed by atoms with E-state index in [1.165, 1.54) is 4.31 Å². The summed E-state index contributed by atoms with van der Waals surface area (Å²) in [6, 6.07) is 7.00. The number of nitrogens with one attached hydrogen (secondary N) is 1. The fraction of sp³-hybridized carbons (Fsp3) is 0.375. The molecule has 1 aliphatic rings. The standard InChI is InChI=1S/C16H19N5O4S2/c1-10-3-2-4-12(9-10)14(23)18-15-19-20-16(26-15)27(24,25)21-7-5-11(6-8-21)13(17)22/h2-4,9,11H,5-8H2,1H3,(H2,17,22)(H,18,19,23). The first-order valence-corrected chi connectivity index (χ1v) is 10.5. The Kier molecular flexibility index (Phi) is 5.53. The van der Waals surface area contributed by atoms with Crippen molar-refractivity contribution in [1.29, 1.82) is 0 Å². The zero-order chi connectivity index (χ0) is 19.6. The van der Waals surface area contributed by atoms with Crippen LogP contribution in [0.15, 0.2) is 28.6 Å². The minimum atomic E-state index is -3.82. The van der Waals surface area contributed by atoms with Crippen LogP contribution in [0.5, 0.6) is 0 Å². The Morgan fingerprint density at radius 2 is 1.96 bits per heavy atom. The smallest absolute Gasteiger partial charge is 0.272 e. The Morgan fingerprint density at radius 1 is 1.26 bits per heavy atom. The molecule has 3 rings (SSSR count). The number of aryl methyl sites for hydroxylation is 1. The van der Waals surface area contributed by atoms with Gasteiger partial charge in [0.1, 0.15) is 0 Å². The summed E-state index contributed by atoms with van der Waals surface area (Å²) in [6.07, 6.45) is 0.759. The van der Waals surface area contributed by atoms with Gasteiger partial charge in [0, 0.05) is 24.6 Å². The van der Waals surface area contributed by atoms with Crippen molar-refractivity contribution in [3.05, 3.63) is 35.4 Å². The molecule has 2 aromatic rings. The Hall–Kier alpha value is -2.37. The normalized spacial score (nSPS) is 16.2. The third kappa shape index (κ3) is 4.31. The molecule has 0 aliphatic carbocycles. The minimum Gasteiger partial charge on any atom is -0.369 e. The summed E-state index contributed by atoms with van der Waals surface area (Å²) in [6.45, 7) is 2.26. The summed E-state index contributed by atoms with van der Waals surface area (Å²) in [4.78, 5) is 23.5. The second kappa shape index (κ2) is 7.71. The molecule has 27 heavy (non-hydrogen) atoms. The summed E-state index contributed by atoms with van der Waals surface area (Å²) < 4.78 is 26.4. The Labute approximate surface area is 160 Å². The van der Waals surface area contributed by atoms with Gasteiger partial charge in [0.25, 0.3) is 15.9 Å². The molecule has 1 fully saturated rings. The lowest BCUT2D eigenvalue weighted by Gasteiger charge is -2.28. The van der Waals surface area contributed by atoms with E-state index in [0.717, 1.165) is 16.9 Å². The number of aromatic nitrogens is 2. The van der Waals surface area contributed by atoms with E-state index in [9.17, 15) is 18.0 Å². The maximum atomic E-state index is 12.7. The van der Waals surface area contributed by atoms with Crippen molar-refractivity contribution < 1.29 is 18.0 Å². The molecule has 1 aliphatic heterocycles. The highest BCUT2D eigenvalue weighted by Gasteiger charge is 2.33. The maximum absolute atomic E-state index is 12.7. The molecule has 0 bridgehead atoms. The zero-order valence-electron chi connectivity index (χ0n) is 14.6. The number of sulfonamides is 1. The molecule has 0 radical (unpaired) electrons. The predicted molar refractivity (Wildman–Crippen MR) is 99.7 cm³/mol. The fourth-order valence-electron chi connectivity index (χ4n) is 2.81. The van der Waals surface area contributed by atoms with Crippen LogP contribution in [0.2, 0.25) is 0 Å². The molecule has 0 unspecified atom stereocenters. The minimum absolute atomic E-state index is 0.104. The molecule has 3 N–H and O–H groups in total. The number of nitrogens with zero attached hydrogens (tertiary/aromatic N) is 3. The average molecular weight is 409 g/mol. The molecule has 0 saturated carbocycles. The molecular weight excluding hydrogens is 390 g/mol. The molecule has 11 heteroatoms. The lowest BCUT2D eigenvalue weighted by atomic mass is 9.98. The lowest BCUT2D eigenvalue weighted by molar-refractivity contribution is -0.122. The highest BCUT2D eigenvalue weighted by Crippen LogP contribution is 2.27. The molecule has 1 aromatic heterocycles. The lowest BCUT2D eigenvalue weighted by Crippen LogP contribution is -2.41. The van der Waals surface area contributed by atoms with E-state index in [-0.39, 0.29) is 34.4 Å². The zero-order valence-corrected chi connectivity index (χ0v) is 16.2. The maximum Gasteiger partial charge on any atom is 0.272 e. The van der Waals surface area contributed by atoms with Gasteiger partial charge < -0.3 is 5.73 Å². The van der Waals surface area contributed by atoms with Crippen LogP contribution >= 0.6 is 11.3 Å². The first-order chi connectivity index (χ1) is 12.8. The molecule has 2 heterocycles. The Bertz CT molecular complexity index is 965. The number of carbonyl (C=O) groups excluding carboxylic acids is 2. The summed E-state index contributed by atoms with van der Waals surface area (Å²) >= 11 is 0.792. The Morgan fingerprint density at radius 3 is 2.59 bits per heavy atom. The van der Waals surface area contributed by atoms with Crippen LogP contribution in [-0.2, 0) is 14.8 Å². The van der Waals surface area contributed by atoms with Crippen molar-refractivity contribution in [2.45, 2.75) is 24.1 Å². The van der Waals surface area contributed by atoms with E-state index in [0.29, 0.717) is 18.4 Å². The van der Waals surface area contributed by atoms with Crippen LogP contribution < -0.4 is 11.1 Å². The quantitative estimate of drug-likeness (QED) is 0.707. The van der Waals surface area contributed by atoms with Gasteiger partial charge in [0.05, 0.1) is 0 Å². The van der Waals surface area contributed by atoms with Gasteiger partial charge in [-0.05, 0) is 31.9 Å². The van der Waals surface area contributed by atoms with Crippen molar-refractivity contribution in [1.82, 2.24) is 14.5 Å². The van der Waals surface area contributed by atoms with Crippen LogP contribution in [0.1, 0.15) is 28.8 Å². The third-order valence-corrected chi connectivity index (χ3v) is 7.41. The van der Waals surface area contributed by atoms with E-state index in [1.54, 1.807) is 18.2 Å². The summed E-state index contributed by atoms with van der Waals surface area (Å²) in [7, 11) is -3.82. The van der Waals surface area contributed by atoms with E-state index in [2.05, 4.69) is 15.5 Å². The monoisotopic (exact) mass is 409 g/mol. The third-order valence-electron chi connectivity index (χ3n) is 4.32. The number of amides is 2. The molecule has 2 amide bonds. The summed E-state index contributed by atoms with van der Waals surface area (Å²) in [5, 5.41) is 10.1. The van der Waals surface area contributed by atoms with Gasteiger partial charge in [0.15, 0.2) is 0 Å². The SMILES string of the molecule is Cc1cccc(C(=O)Nc2nnc(S(=O)(=O)N3CCC(C(N)=O)CC3)s2)c1. The van der Waals surface area contributed by atoms with Gasteiger partial charge in [-0.25, -0.2) is 8.42 Å². The molecule has 0 spiro atoms. The number of benzene rings is 1. The van der Waals surface area contributed by atoms with Crippen LogP contribution in [0.4, 0.5) is 5.13 Å². The molecule has 9 nitrogen and oxygen atoms in total. The van der Waals surface area contributed by atoms with Crippen molar-refractivity contribution in [2.24, 2.45) is 11.7 Å². The first-order valence-electron chi connectivity index (χ1n) is 8.28. The van der Waals surface area contributed by atoms with E-state index < -0.39 is 15.9 Å². The van der Waals surface area contributed by atoms with Gasteiger partial charge in [-0.1, -0.05) is 29.0 Å². The number of carbonyl (C=O) groups is 2. The molecule has 144 valence electrons. The van der Waals surface area contributed by atoms with Crippen molar-refractivity contribution >= 4 is 38.3 Å². The predicted octanol–water partition coefficient (Wildman–Crippen LogP) is 0.985. The van der Waals surface area contributed by atoms with E-state index >= 15 is 0 Å². The first kappa shape index (κ1) is 19.4. The largest absolute Gasteiger partial charge is 0.369 e. The number of rotatable bonds is 5. The molecule has 0 atom stereocenters. The number of nitrogens with two attached hydrogens (primary N) is 1. The van der Waals surface area contributed by atoms with Gasteiger partial charge in [-0.3, -0.25) is 14.9 Å². The number of hydrogen-bond acceptors (Lipinski definition) is 7. The fourth-order valence-corrected chi connectivity index (χ4v) is 5.31. The molecule has 1 saturated heterocycles. The van der Waals surface area contributed by atoms with Crippen LogP contribution in [-0.4, -0.2) is 47.8 Å².